The summed E-state index contributed by atoms with van der Waals surface area (Å²) in [6, 6.07) is 9.30. The molecule has 1 aromatic carbocycles. The molecular weight excluding hydrogens is 391 g/mol. The van der Waals surface area contributed by atoms with Gasteiger partial charge in [0.25, 0.3) is 5.91 Å². The molecule has 8 heteroatoms. The SMILES string of the molecule is O=C(CCCCCNC(=O)/C(=C/c1ccc(Cl)s1)c1ccc(F)cc1)NO. The minimum atomic E-state index is -0.421. The van der Waals surface area contributed by atoms with Crippen LogP contribution < -0.4 is 10.8 Å². The van der Waals surface area contributed by atoms with Crippen molar-refractivity contribution in [3.05, 3.63) is 57.0 Å². The Labute approximate surface area is 165 Å². The number of halogens is 2. The standard InChI is InChI=1S/C19H20ClFN2O3S/c20-17-10-9-15(27-17)12-16(13-5-7-14(21)8-6-13)19(25)22-11-3-1-2-4-18(24)23-26/h5-10,12,26H,1-4,11H2,(H,22,25)(H,23,24)/b16-12+. The highest BCUT2D eigenvalue weighted by Crippen LogP contribution is 2.26. The second-order valence-electron chi connectivity index (χ2n) is 5.81. The van der Waals surface area contributed by atoms with Crippen LogP contribution in [0, 0.1) is 5.82 Å². The molecular formula is C19H20ClFN2O3S. The van der Waals surface area contributed by atoms with Gasteiger partial charge in [-0.15, -0.1) is 11.3 Å². The van der Waals surface area contributed by atoms with E-state index in [4.69, 9.17) is 16.8 Å². The van der Waals surface area contributed by atoms with E-state index in [-0.39, 0.29) is 18.1 Å². The zero-order valence-corrected chi connectivity index (χ0v) is 16.1. The van der Waals surface area contributed by atoms with Crippen molar-refractivity contribution in [2.75, 3.05) is 6.54 Å². The molecule has 0 saturated heterocycles. The molecule has 5 nitrogen and oxygen atoms in total. The molecule has 0 spiro atoms. The van der Waals surface area contributed by atoms with Crippen LogP contribution >= 0.6 is 22.9 Å². The number of nitrogens with one attached hydrogen (secondary N) is 2. The summed E-state index contributed by atoms with van der Waals surface area (Å²) >= 11 is 7.30. The molecule has 2 aromatic rings. The van der Waals surface area contributed by atoms with Crippen LogP contribution in [0.15, 0.2) is 36.4 Å². The van der Waals surface area contributed by atoms with E-state index in [1.54, 1.807) is 29.8 Å². The molecule has 0 aliphatic rings. The Morgan fingerprint density at radius 3 is 2.48 bits per heavy atom. The number of carbonyl (C=O) groups is 2. The summed E-state index contributed by atoms with van der Waals surface area (Å²) in [5.74, 6) is -1.06. The van der Waals surface area contributed by atoms with E-state index in [0.29, 0.717) is 34.9 Å². The van der Waals surface area contributed by atoms with Gasteiger partial charge in [0.2, 0.25) is 5.91 Å². The van der Waals surface area contributed by atoms with Crippen LogP contribution in [0.25, 0.3) is 11.6 Å². The molecule has 3 N–H and O–H groups in total. The van der Waals surface area contributed by atoms with Gasteiger partial charge < -0.3 is 5.32 Å². The maximum Gasteiger partial charge on any atom is 0.251 e. The Kier molecular flexibility index (Phi) is 8.44. The predicted octanol–water partition coefficient (Wildman–Crippen LogP) is 4.26. The second-order valence-corrected chi connectivity index (χ2v) is 7.55. The number of unbranched alkanes of at least 4 members (excludes halogenated alkanes) is 2. The molecule has 0 unspecified atom stereocenters. The van der Waals surface area contributed by atoms with Crippen molar-refractivity contribution in [3.63, 3.8) is 0 Å². The molecule has 0 aliphatic carbocycles. The van der Waals surface area contributed by atoms with Crippen molar-refractivity contribution in [3.8, 4) is 0 Å². The lowest BCUT2D eigenvalue weighted by Crippen LogP contribution is -2.25. The second kappa shape index (κ2) is 10.8. The Bertz CT molecular complexity index is 806. The van der Waals surface area contributed by atoms with Crippen LogP contribution in [0.3, 0.4) is 0 Å². The first-order chi connectivity index (χ1) is 13.0. The lowest BCUT2D eigenvalue weighted by Gasteiger charge is -2.09. The Balaban J connectivity index is 1.98. The Morgan fingerprint density at radius 1 is 1.11 bits per heavy atom. The fourth-order valence-electron chi connectivity index (χ4n) is 2.40. The summed E-state index contributed by atoms with van der Waals surface area (Å²) in [6.07, 6.45) is 4.03. The molecule has 2 amide bonds. The summed E-state index contributed by atoms with van der Waals surface area (Å²) in [7, 11) is 0. The van der Waals surface area contributed by atoms with Crippen LogP contribution in [0.4, 0.5) is 4.39 Å². The van der Waals surface area contributed by atoms with Gasteiger partial charge in [0, 0.05) is 23.4 Å². The van der Waals surface area contributed by atoms with E-state index in [9.17, 15) is 14.0 Å². The van der Waals surface area contributed by atoms with Crippen molar-refractivity contribution in [1.82, 2.24) is 10.8 Å². The highest BCUT2D eigenvalue weighted by molar-refractivity contribution is 7.17. The minimum absolute atomic E-state index is 0.240. The maximum absolute atomic E-state index is 13.2. The minimum Gasteiger partial charge on any atom is -0.352 e. The zero-order valence-electron chi connectivity index (χ0n) is 14.5. The fraction of sp³-hybridized carbons (Fsp3) is 0.263. The lowest BCUT2D eigenvalue weighted by molar-refractivity contribution is -0.129. The van der Waals surface area contributed by atoms with Crippen LogP contribution in [0.5, 0.6) is 0 Å². The molecule has 144 valence electrons. The van der Waals surface area contributed by atoms with E-state index in [2.05, 4.69) is 5.32 Å². The summed E-state index contributed by atoms with van der Waals surface area (Å²) in [5, 5.41) is 11.3. The first-order valence-electron chi connectivity index (χ1n) is 8.43. The molecule has 1 heterocycles. The normalized spacial score (nSPS) is 11.3. The van der Waals surface area contributed by atoms with Crippen LogP contribution in [-0.2, 0) is 9.59 Å². The highest BCUT2D eigenvalue weighted by Gasteiger charge is 2.13. The van der Waals surface area contributed by atoms with Gasteiger partial charge in [0.1, 0.15) is 5.82 Å². The average molecular weight is 411 g/mol. The van der Waals surface area contributed by atoms with Gasteiger partial charge in [0.15, 0.2) is 0 Å². The number of thiophene rings is 1. The van der Waals surface area contributed by atoms with Crippen molar-refractivity contribution in [1.29, 1.82) is 0 Å². The van der Waals surface area contributed by atoms with Crippen LogP contribution in [-0.4, -0.2) is 23.6 Å². The monoisotopic (exact) mass is 410 g/mol. The van der Waals surface area contributed by atoms with E-state index in [0.717, 1.165) is 11.3 Å². The van der Waals surface area contributed by atoms with E-state index >= 15 is 0 Å². The third kappa shape index (κ3) is 7.13. The number of rotatable bonds is 9. The van der Waals surface area contributed by atoms with Crippen molar-refractivity contribution >= 4 is 46.4 Å². The number of carbonyl (C=O) groups excluding carboxylic acids is 2. The molecule has 0 radical (unpaired) electrons. The first kappa shape index (κ1) is 21.1. The molecule has 27 heavy (non-hydrogen) atoms. The van der Waals surface area contributed by atoms with Gasteiger partial charge in [0.05, 0.1) is 4.34 Å². The largest absolute Gasteiger partial charge is 0.352 e. The first-order valence-corrected chi connectivity index (χ1v) is 9.63. The van der Waals surface area contributed by atoms with Crippen molar-refractivity contribution in [2.24, 2.45) is 0 Å². The number of benzene rings is 1. The molecule has 0 bridgehead atoms. The Morgan fingerprint density at radius 2 is 1.85 bits per heavy atom. The molecule has 0 atom stereocenters. The fourth-order valence-corrected chi connectivity index (χ4v) is 3.40. The molecule has 0 fully saturated rings. The van der Waals surface area contributed by atoms with Crippen LogP contribution in [0.2, 0.25) is 4.34 Å². The van der Waals surface area contributed by atoms with Gasteiger partial charge in [-0.3, -0.25) is 14.8 Å². The van der Waals surface area contributed by atoms with Gasteiger partial charge in [-0.1, -0.05) is 30.2 Å². The number of hydrogen-bond acceptors (Lipinski definition) is 4. The smallest absolute Gasteiger partial charge is 0.251 e. The maximum atomic E-state index is 13.2. The van der Waals surface area contributed by atoms with Gasteiger partial charge in [-0.05, 0) is 48.7 Å². The van der Waals surface area contributed by atoms with Crippen molar-refractivity contribution in [2.45, 2.75) is 25.7 Å². The number of hydrogen-bond donors (Lipinski definition) is 3. The van der Waals surface area contributed by atoms with E-state index in [1.807, 2.05) is 6.07 Å². The molecule has 0 aliphatic heterocycles. The quantitative estimate of drug-likeness (QED) is 0.250. The van der Waals surface area contributed by atoms with E-state index < -0.39 is 5.91 Å². The molecule has 2 rings (SSSR count). The average Bonchev–Trinajstić information content (AvgIpc) is 3.08. The summed E-state index contributed by atoms with van der Waals surface area (Å²) in [6.45, 7) is 0.448. The predicted molar refractivity (Wildman–Crippen MR) is 105 cm³/mol. The van der Waals surface area contributed by atoms with Gasteiger partial charge >= 0.3 is 0 Å². The van der Waals surface area contributed by atoms with Gasteiger partial charge in [-0.25, -0.2) is 9.87 Å². The molecule has 0 saturated carbocycles. The van der Waals surface area contributed by atoms with Gasteiger partial charge in [-0.2, -0.15) is 0 Å². The summed E-state index contributed by atoms with van der Waals surface area (Å²) in [5.41, 5.74) is 2.62. The topological polar surface area (TPSA) is 78.4 Å². The molecule has 1 aromatic heterocycles. The van der Waals surface area contributed by atoms with Crippen molar-refractivity contribution < 1.29 is 19.2 Å². The number of amides is 2. The zero-order chi connectivity index (χ0) is 19.6. The van der Waals surface area contributed by atoms with E-state index in [1.165, 1.54) is 23.5 Å². The lowest BCUT2D eigenvalue weighted by atomic mass is 10.0. The summed E-state index contributed by atoms with van der Waals surface area (Å²) < 4.78 is 13.8. The Hall–Kier alpha value is -2.22. The number of hydroxylamine groups is 1. The third-order valence-electron chi connectivity index (χ3n) is 3.77. The highest BCUT2D eigenvalue weighted by atomic mass is 35.5. The summed E-state index contributed by atoms with van der Waals surface area (Å²) in [4.78, 5) is 24.4. The third-order valence-corrected chi connectivity index (χ3v) is 4.95. The van der Waals surface area contributed by atoms with Crippen LogP contribution in [0.1, 0.15) is 36.1 Å².